The third-order valence-electron chi connectivity index (χ3n) is 3.52. The number of amides is 1. The standard InChI is InChI=1S/C13H27N3O2/c1-13(2,3)11(14)12(18)16-6-4-5-15(7-8-16)9-10-17/h11,17H,4-10,14H2,1-3H3. The van der Waals surface area contributed by atoms with Crippen molar-refractivity contribution >= 4 is 5.91 Å². The summed E-state index contributed by atoms with van der Waals surface area (Å²) in [6.07, 6.45) is 0.947. The number of aliphatic hydroxyl groups excluding tert-OH is 1. The molecule has 0 spiro atoms. The first kappa shape index (κ1) is 15.4. The summed E-state index contributed by atoms with van der Waals surface area (Å²) in [4.78, 5) is 16.4. The fourth-order valence-corrected chi connectivity index (χ4v) is 2.12. The molecule has 0 aromatic heterocycles. The van der Waals surface area contributed by atoms with Crippen LogP contribution in [0.3, 0.4) is 0 Å². The summed E-state index contributed by atoms with van der Waals surface area (Å²) in [7, 11) is 0. The van der Waals surface area contributed by atoms with Gasteiger partial charge in [0.2, 0.25) is 5.91 Å². The summed E-state index contributed by atoms with van der Waals surface area (Å²) >= 11 is 0. The second kappa shape index (κ2) is 6.50. The van der Waals surface area contributed by atoms with Crippen molar-refractivity contribution in [3.8, 4) is 0 Å². The van der Waals surface area contributed by atoms with Crippen LogP contribution in [0.2, 0.25) is 0 Å². The van der Waals surface area contributed by atoms with Crippen LogP contribution in [-0.2, 0) is 4.79 Å². The third kappa shape index (κ3) is 4.23. The Hall–Kier alpha value is -0.650. The van der Waals surface area contributed by atoms with Crippen molar-refractivity contribution < 1.29 is 9.90 Å². The highest BCUT2D eigenvalue weighted by molar-refractivity contribution is 5.82. The first-order chi connectivity index (χ1) is 8.36. The first-order valence-corrected chi connectivity index (χ1v) is 6.74. The van der Waals surface area contributed by atoms with Crippen LogP contribution in [0.1, 0.15) is 27.2 Å². The smallest absolute Gasteiger partial charge is 0.240 e. The Morgan fingerprint density at radius 2 is 1.94 bits per heavy atom. The van der Waals surface area contributed by atoms with Gasteiger partial charge in [-0.3, -0.25) is 9.69 Å². The Bertz CT molecular complexity index is 276. The summed E-state index contributed by atoms with van der Waals surface area (Å²) in [5, 5.41) is 8.94. The van der Waals surface area contributed by atoms with Crippen LogP contribution >= 0.6 is 0 Å². The minimum atomic E-state index is -0.443. The average molecular weight is 257 g/mol. The molecule has 1 atom stereocenters. The van der Waals surface area contributed by atoms with E-state index in [1.165, 1.54) is 0 Å². The minimum absolute atomic E-state index is 0.0494. The molecule has 106 valence electrons. The second-order valence-corrected chi connectivity index (χ2v) is 6.09. The fraction of sp³-hybridized carbons (Fsp3) is 0.923. The Kier molecular flexibility index (Phi) is 5.56. The van der Waals surface area contributed by atoms with Crippen molar-refractivity contribution in [2.45, 2.75) is 33.2 Å². The predicted molar refractivity (Wildman–Crippen MR) is 72.2 cm³/mol. The molecule has 1 aliphatic rings. The lowest BCUT2D eigenvalue weighted by Crippen LogP contribution is -2.51. The van der Waals surface area contributed by atoms with Crippen LogP contribution in [0, 0.1) is 5.41 Å². The van der Waals surface area contributed by atoms with Crippen LogP contribution in [0.15, 0.2) is 0 Å². The number of hydrogen-bond donors (Lipinski definition) is 2. The Balaban J connectivity index is 2.55. The van der Waals surface area contributed by atoms with Crippen molar-refractivity contribution in [2.75, 3.05) is 39.3 Å². The highest BCUT2D eigenvalue weighted by atomic mass is 16.3. The minimum Gasteiger partial charge on any atom is -0.395 e. The van der Waals surface area contributed by atoms with Crippen LogP contribution in [0.25, 0.3) is 0 Å². The van der Waals surface area contributed by atoms with E-state index in [-0.39, 0.29) is 17.9 Å². The van der Waals surface area contributed by atoms with Gasteiger partial charge in [0.15, 0.2) is 0 Å². The molecule has 0 radical (unpaired) electrons. The maximum Gasteiger partial charge on any atom is 0.240 e. The van der Waals surface area contributed by atoms with Crippen molar-refractivity contribution in [1.29, 1.82) is 0 Å². The maximum absolute atomic E-state index is 12.3. The van der Waals surface area contributed by atoms with Gasteiger partial charge in [-0.1, -0.05) is 20.8 Å². The second-order valence-electron chi connectivity index (χ2n) is 6.09. The number of aliphatic hydroxyl groups is 1. The van der Waals surface area contributed by atoms with Gasteiger partial charge in [0.25, 0.3) is 0 Å². The molecule has 1 heterocycles. The highest BCUT2D eigenvalue weighted by Gasteiger charge is 2.31. The van der Waals surface area contributed by atoms with Gasteiger partial charge in [-0.15, -0.1) is 0 Å². The zero-order chi connectivity index (χ0) is 13.8. The molecule has 1 rings (SSSR count). The van der Waals surface area contributed by atoms with Crippen LogP contribution in [0.5, 0.6) is 0 Å². The van der Waals surface area contributed by atoms with E-state index in [0.717, 1.165) is 26.1 Å². The van der Waals surface area contributed by atoms with E-state index in [1.54, 1.807) is 0 Å². The van der Waals surface area contributed by atoms with Gasteiger partial charge >= 0.3 is 0 Å². The fourth-order valence-electron chi connectivity index (χ4n) is 2.12. The number of hydrogen-bond acceptors (Lipinski definition) is 4. The van der Waals surface area contributed by atoms with E-state index >= 15 is 0 Å². The lowest BCUT2D eigenvalue weighted by Gasteiger charge is -2.31. The van der Waals surface area contributed by atoms with Crippen molar-refractivity contribution in [2.24, 2.45) is 11.1 Å². The molecule has 18 heavy (non-hydrogen) atoms. The number of carbonyl (C=O) groups excluding carboxylic acids is 1. The number of nitrogens with zero attached hydrogens (tertiary/aromatic N) is 2. The first-order valence-electron chi connectivity index (χ1n) is 6.74. The molecule has 1 unspecified atom stereocenters. The monoisotopic (exact) mass is 257 g/mol. The van der Waals surface area contributed by atoms with Gasteiger partial charge in [0.05, 0.1) is 12.6 Å². The molecule has 0 aromatic rings. The molecular formula is C13H27N3O2. The zero-order valence-corrected chi connectivity index (χ0v) is 11.9. The lowest BCUT2D eigenvalue weighted by molar-refractivity contribution is -0.134. The molecule has 0 aliphatic carbocycles. The molecule has 1 saturated heterocycles. The number of β-amino-alcohol motifs (C(OH)–C–C–N with tert-alkyl or cyclic N) is 1. The third-order valence-corrected chi connectivity index (χ3v) is 3.52. The molecule has 1 fully saturated rings. The number of nitrogens with two attached hydrogens (primary N) is 1. The molecule has 5 heteroatoms. The largest absolute Gasteiger partial charge is 0.395 e. The molecule has 0 saturated carbocycles. The van der Waals surface area contributed by atoms with Crippen LogP contribution < -0.4 is 5.73 Å². The number of carbonyl (C=O) groups is 1. The quantitative estimate of drug-likeness (QED) is 0.740. The van der Waals surface area contributed by atoms with Gasteiger partial charge in [-0.05, 0) is 18.4 Å². The van der Waals surface area contributed by atoms with Crippen molar-refractivity contribution in [3.05, 3.63) is 0 Å². The average Bonchev–Trinajstić information content (AvgIpc) is 2.52. The van der Waals surface area contributed by atoms with E-state index in [0.29, 0.717) is 13.1 Å². The molecule has 1 amide bonds. The molecule has 3 N–H and O–H groups in total. The summed E-state index contributed by atoms with van der Waals surface area (Å²) in [5.74, 6) is 0.0494. The molecule has 1 aliphatic heterocycles. The Morgan fingerprint density at radius 1 is 1.28 bits per heavy atom. The van der Waals surface area contributed by atoms with E-state index in [9.17, 15) is 4.79 Å². The summed E-state index contributed by atoms with van der Waals surface area (Å²) in [5.41, 5.74) is 5.82. The molecule has 0 bridgehead atoms. The van der Waals surface area contributed by atoms with Gasteiger partial charge < -0.3 is 15.7 Å². The van der Waals surface area contributed by atoms with E-state index in [1.807, 2.05) is 25.7 Å². The van der Waals surface area contributed by atoms with Crippen molar-refractivity contribution in [1.82, 2.24) is 9.80 Å². The highest BCUT2D eigenvalue weighted by Crippen LogP contribution is 2.19. The molecular weight excluding hydrogens is 230 g/mol. The summed E-state index contributed by atoms with van der Waals surface area (Å²) in [6, 6.07) is -0.443. The number of rotatable bonds is 3. The SMILES string of the molecule is CC(C)(C)C(N)C(=O)N1CCCN(CCO)CC1. The van der Waals surface area contributed by atoms with Gasteiger partial charge in [-0.25, -0.2) is 0 Å². The summed E-state index contributed by atoms with van der Waals surface area (Å²) < 4.78 is 0. The topological polar surface area (TPSA) is 69.8 Å². The molecule has 5 nitrogen and oxygen atoms in total. The Morgan fingerprint density at radius 3 is 2.50 bits per heavy atom. The van der Waals surface area contributed by atoms with Gasteiger partial charge in [0.1, 0.15) is 0 Å². The Labute approximate surface area is 110 Å². The summed E-state index contributed by atoms with van der Waals surface area (Å²) in [6.45, 7) is 10.1. The normalized spacial score (nSPS) is 20.6. The van der Waals surface area contributed by atoms with E-state index in [2.05, 4.69) is 4.90 Å². The predicted octanol–water partition coefficient (Wildman–Crippen LogP) is -0.114. The van der Waals surface area contributed by atoms with Crippen LogP contribution in [-0.4, -0.2) is 66.2 Å². The van der Waals surface area contributed by atoms with E-state index in [4.69, 9.17) is 10.8 Å². The molecule has 0 aromatic carbocycles. The van der Waals surface area contributed by atoms with Gasteiger partial charge in [-0.2, -0.15) is 0 Å². The lowest BCUT2D eigenvalue weighted by atomic mass is 9.86. The van der Waals surface area contributed by atoms with Gasteiger partial charge in [0, 0.05) is 26.2 Å². The van der Waals surface area contributed by atoms with E-state index < -0.39 is 6.04 Å². The van der Waals surface area contributed by atoms with Crippen LogP contribution in [0.4, 0.5) is 0 Å². The maximum atomic E-state index is 12.3. The zero-order valence-electron chi connectivity index (χ0n) is 11.9. The van der Waals surface area contributed by atoms with Crippen molar-refractivity contribution in [3.63, 3.8) is 0 Å².